The highest BCUT2D eigenvalue weighted by Gasteiger charge is 2.09. The second-order valence-electron chi connectivity index (χ2n) is 4.00. The molecule has 1 radical (unpaired) electrons. The number of hydrogen-bond acceptors (Lipinski definition) is 5. The fraction of sp³-hybridized carbons (Fsp3) is 0.692. The first-order valence-corrected chi connectivity index (χ1v) is 5.99. The number of ether oxygens (including phenoxy) is 1. The van der Waals surface area contributed by atoms with Gasteiger partial charge in [-0.1, -0.05) is 0 Å². The third kappa shape index (κ3) is 9.84. The van der Waals surface area contributed by atoms with Crippen molar-refractivity contribution in [3.05, 3.63) is 0 Å². The lowest BCUT2D eigenvalue weighted by Gasteiger charge is -2.01. The Morgan fingerprint density at radius 3 is 1.72 bits per heavy atom. The fourth-order valence-electron chi connectivity index (χ4n) is 1.34. The molecule has 0 spiro atoms. The molecule has 0 bridgehead atoms. The van der Waals surface area contributed by atoms with Crippen LogP contribution in [0.15, 0.2) is 0 Å². The SMILES string of the molecule is COCCC(=O)CCC(=O)CCC(=O)CC[C]=O. The Morgan fingerprint density at radius 2 is 1.28 bits per heavy atom. The topological polar surface area (TPSA) is 77.5 Å². The van der Waals surface area contributed by atoms with Crippen LogP contribution in [-0.2, 0) is 23.9 Å². The Morgan fingerprint density at radius 1 is 0.833 bits per heavy atom. The molecule has 0 heterocycles. The maximum atomic E-state index is 11.4. The quantitative estimate of drug-likeness (QED) is 0.523. The van der Waals surface area contributed by atoms with E-state index in [-0.39, 0.29) is 55.9 Å². The number of Topliss-reactive ketones (excluding diaryl/α,β-unsaturated/α-hetero) is 3. The van der Waals surface area contributed by atoms with E-state index in [1.165, 1.54) is 7.11 Å². The second kappa shape index (κ2) is 10.8. The van der Waals surface area contributed by atoms with Gasteiger partial charge in [-0.05, 0) is 0 Å². The van der Waals surface area contributed by atoms with E-state index in [0.717, 1.165) is 0 Å². The molecular weight excluding hydrogens is 236 g/mol. The van der Waals surface area contributed by atoms with Crippen LogP contribution < -0.4 is 0 Å². The molecule has 0 saturated heterocycles. The van der Waals surface area contributed by atoms with Crippen molar-refractivity contribution in [1.29, 1.82) is 0 Å². The summed E-state index contributed by atoms with van der Waals surface area (Å²) in [6.45, 7) is 0.369. The molecule has 0 aromatic rings. The zero-order chi connectivity index (χ0) is 13.8. The van der Waals surface area contributed by atoms with Gasteiger partial charge in [-0.2, -0.15) is 0 Å². The molecule has 18 heavy (non-hydrogen) atoms. The fourth-order valence-corrected chi connectivity index (χ4v) is 1.34. The Kier molecular flexibility index (Phi) is 9.96. The van der Waals surface area contributed by atoms with Crippen molar-refractivity contribution < 1.29 is 23.9 Å². The first-order chi connectivity index (χ1) is 8.60. The van der Waals surface area contributed by atoms with Crippen LogP contribution >= 0.6 is 0 Å². The normalized spacial score (nSPS) is 10.1. The molecule has 0 fully saturated rings. The van der Waals surface area contributed by atoms with Crippen molar-refractivity contribution in [2.75, 3.05) is 13.7 Å². The van der Waals surface area contributed by atoms with E-state index in [9.17, 15) is 19.2 Å². The minimum absolute atomic E-state index is 0.00733. The van der Waals surface area contributed by atoms with Crippen molar-refractivity contribution in [3.8, 4) is 0 Å². The zero-order valence-corrected chi connectivity index (χ0v) is 10.7. The summed E-state index contributed by atoms with van der Waals surface area (Å²) >= 11 is 0. The average molecular weight is 255 g/mol. The highest BCUT2D eigenvalue weighted by molar-refractivity contribution is 5.89. The smallest absolute Gasteiger partial charge is 0.198 e. The minimum atomic E-state index is -0.114. The summed E-state index contributed by atoms with van der Waals surface area (Å²) in [6, 6.07) is 0. The average Bonchev–Trinajstić information content (AvgIpc) is 2.37. The van der Waals surface area contributed by atoms with Crippen LogP contribution in [0.1, 0.15) is 44.9 Å². The standard InChI is InChI=1S/C13H19O5/c1-18-10-8-13(17)7-6-12(16)5-4-11(15)3-2-9-14/h2-8,10H2,1H3. The molecule has 0 aliphatic rings. The predicted octanol–water partition coefficient (Wildman–Crippen LogP) is 1.18. The number of carbonyl (C=O) groups is 3. The van der Waals surface area contributed by atoms with E-state index in [0.29, 0.717) is 13.0 Å². The van der Waals surface area contributed by atoms with E-state index in [4.69, 9.17) is 4.74 Å². The highest BCUT2D eigenvalue weighted by atomic mass is 16.5. The van der Waals surface area contributed by atoms with Gasteiger partial charge in [0.05, 0.1) is 6.61 Å². The third-order valence-electron chi connectivity index (χ3n) is 2.46. The molecule has 5 nitrogen and oxygen atoms in total. The van der Waals surface area contributed by atoms with E-state index < -0.39 is 0 Å². The summed E-state index contributed by atoms with van der Waals surface area (Å²) in [6.07, 6.45) is 2.86. The highest BCUT2D eigenvalue weighted by Crippen LogP contribution is 2.04. The molecule has 0 rings (SSSR count). The van der Waals surface area contributed by atoms with Gasteiger partial charge >= 0.3 is 0 Å². The van der Waals surface area contributed by atoms with Crippen LogP contribution in [0, 0.1) is 0 Å². The molecule has 0 saturated carbocycles. The maximum Gasteiger partial charge on any atom is 0.198 e. The molecule has 0 unspecified atom stereocenters. The van der Waals surface area contributed by atoms with Crippen molar-refractivity contribution in [3.63, 3.8) is 0 Å². The molecule has 0 aromatic heterocycles. The largest absolute Gasteiger partial charge is 0.384 e. The van der Waals surface area contributed by atoms with Gasteiger partial charge in [0.25, 0.3) is 0 Å². The number of methoxy groups -OCH3 is 1. The van der Waals surface area contributed by atoms with Crippen molar-refractivity contribution in [2.24, 2.45) is 0 Å². The van der Waals surface area contributed by atoms with E-state index in [1.54, 1.807) is 6.29 Å². The van der Waals surface area contributed by atoms with Crippen LogP contribution in [0.25, 0.3) is 0 Å². The second-order valence-corrected chi connectivity index (χ2v) is 4.00. The minimum Gasteiger partial charge on any atom is -0.384 e. The summed E-state index contributed by atoms with van der Waals surface area (Å²) in [4.78, 5) is 43.7. The lowest BCUT2D eigenvalue weighted by molar-refractivity contribution is -0.126. The number of ketones is 3. The number of rotatable bonds is 12. The lowest BCUT2D eigenvalue weighted by atomic mass is 10.0. The van der Waals surface area contributed by atoms with Crippen molar-refractivity contribution in [2.45, 2.75) is 44.9 Å². The summed E-state index contributed by atoms with van der Waals surface area (Å²) in [5, 5.41) is 0. The molecule has 0 aliphatic heterocycles. The molecule has 0 aliphatic carbocycles. The molecule has 101 valence electrons. The van der Waals surface area contributed by atoms with Crippen LogP contribution in [0.4, 0.5) is 0 Å². The van der Waals surface area contributed by atoms with Crippen molar-refractivity contribution in [1.82, 2.24) is 0 Å². The molecule has 0 atom stereocenters. The molecule has 0 N–H and O–H groups in total. The predicted molar refractivity (Wildman–Crippen MR) is 64.9 cm³/mol. The van der Waals surface area contributed by atoms with Gasteiger partial charge in [-0.25, -0.2) is 0 Å². The van der Waals surface area contributed by atoms with Gasteiger partial charge in [-0.15, -0.1) is 0 Å². The van der Waals surface area contributed by atoms with E-state index in [2.05, 4.69) is 0 Å². The Balaban J connectivity index is 3.62. The Bertz CT molecular complexity index is 296. The maximum absolute atomic E-state index is 11.4. The van der Waals surface area contributed by atoms with Gasteiger partial charge in [0.1, 0.15) is 17.3 Å². The van der Waals surface area contributed by atoms with Crippen LogP contribution in [0.3, 0.4) is 0 Å². The van der Waals surface area contributed by atoms with Gasteiger partial charge < -0.3 is 4.74 Å². The van der Waals surface area contributed by atoms with Gasteiger partial charge in [0.2, 0.25) is 0 Å². The molecule has 5 heteroatoms. The monoisotopic (exact) mass is 255 g/mol. The zero-order valence-electron chi connectivity index (χ0n) is 10.7. The van der Waals surface area contributed by atoms with Crippen LogP contribution in [0.2, 0.25) is 0 Å². The van der Waals surface area contributed by atoms with Crippen LogP contribution in [-0.4, -0.2) is 37.4 Å². The van der Waals surface area contributed by atoms with Gasteiger partial charge in [-0.3, -0.25) is 19.2 Å². The third-order valence-corrected chi connectivity index (χ3v) is 2.46. The summed E-state index contributed by atoms with van der Waals surface area (Å²) < 4.78 is 4.75. The first kappa shape index (κ1) is 16.6. The summed E-state index contributed by atoms with van der Waals surface area (Å²) in [5.74, 6) is -0.214. The molecule has 0 amide bonds. The Labute approximate surface area is 107 Å². The molecule has 0 aromatic carbocycles. The summed E-state index contributed by atoms with van der Waals surface area (Å²) in [7, 11) is 1.51. The summed E-state index contributed by atoms with van der Waals surface area (Å²) in [5.41, 5.74) is 0. The van der Waals surface area contributed by atoms with E-state index in [1.807, 2.05) is 0 Å². The van der Waals surface area contributed by atoms with Crippen LogP contribution in [0.5, 0.6) is 0 Å². The number of hydrogen-bond donors (Lipinski definition) is 0. The lowest BCUT2D eigenvalue weighted by Crippen LogP contribution is -2.08. The number of carbonyl (C=O) groups excluding carboxylic acids is 4. The van der Waals surface area contributed by atoms with E-state index >= 15 is 0 Å². The molecular formula is C13H19O5. The first-order valence-electron chi connectivity index (χ1n) is 5.99. The van der Waals surface area contributed by atoms with Crippen molar-refractivity contribution >= 4 is 23.6 Å². The van der Waals surface area contributed by atoms with Gasteiger partial charge in [0.15, 0.2) is 6.29 Å². The Hall–Kier alpha value is -1.36. The van der Waals surface area contributed by atoms with Gasteiger partial charge in [0, 0.05) is 52.1 Å².